The van der Waals surface area contributed by atoms with Gasteiger partial charge in [-0.05, 0) is 51.1 Å². The van der Waals surface area contributed by atoms with E-state index in [9.17, 15) is 9.18 Å². The van der Waals surface area contributed by atoms with Gasteiger partial charge in [0, 0.05) is 6.54 Å². The van der Waals surface area contributed by atoms with Crippen molar-refractivity contribution in [3.63, 3.8) is 0 Å². The zero-order chi connectivity index (χ0) is 12.3. The number of piperidine rings is 1. The fourth-order valence-corrected chi connectivity index (χ4v) is 2.89. The zero-order valence-corrected chi connectivity index (χ0v) is 10.6. The molecule has 17 heavy (non-hydrogen) atoms. The minimum Gasteiger partial charge on any atom is -0.355 e. The van der Waals surface area contributed by atoms with Gasteiger partial charge in [-0.2, -0.15) is 0 Å². The second kappa shape index (κ2) is 5.34. The molecule has 0 aromatic carbocycles. The van der Waals surface area contributed by atoms with Crippen LogP contribution in [0, 0.1) is 11.3 Å². The maximum Gasteiger partial charge on any atom is 0.226 e. The first-order valence-electron chi connectivity index (χ1n) is 6.79. The van der Waals surface area contributed by atoms with E-state index < -0.39 is 6.17 Å². The molecule has 2 rings (SSSR count). The number of rotatable bonds is 4. The molecule has 3 nitrogen and oxygen atoms in total. The van der Waals surface area contributed by atoms with Crippen LogP contribution in [0.3, 0.4) is 0 Å². The van der Waals surface area contributed by atoms with E-state index in [2.05, 4.69) is 17.6 Å². The number of hydrogen-bond acceptors (Lipinski definition) is 2. The maximum atomic E-state index is 12.7. The number of nitrogens with one attached hydrogen (secondary N) is 2. The lowest BCUT2D eigenvalue weighted by atomic mass is 9.75. The highest BCUT2D eigenvalue weighted by Gasteiger charge is 2.38. The van der Waals surface area contributed by atoms with E-state index in [1.165, 1.54) is 0 Å². The second-order valence-electron chi connectivity index (χ2n) is 5.53. The lowest BCUT2D eigenvalue weighted by molar-refractivity contribution is -0.133. The minimum atomic E-state index is -0.629. The average molecular weight is 242 g/mol. The monoisotopic (exact) mass is 242 g/mol. The van der Waals surface area contributed by atoms with Gasteiger partial charge in [0.2, 0.25) is 5.91 Å². The summed E-state index contributed by atoms with van der Waals surface area (Å²) in [6.07, 6.45) is 3.37. The Kier molecular flexibility index (Phi) is 4.02. The molecule has 2 fully saturated rings. The molecule has 1 saturated carbocycles. The van der Waals surface area contributed by atoms with Crippen LogP contribution in [0.4, 0.5) is 4.39 Å². The molecule has 1 aliphatic carbocycles. The van der Waals surface area contributed by atoms with Crippen molar-refractivity contribution in [1.82, 2.24) is 10.6 Å². The Morgan fingerprint density at radius 2 is 2.06 bits per heavy atom. The van der Waals surface area contributed by atoms with Crippen LogP contribution >= 0.6 is 0 Å². The van der Waals surface area contributed by atoms with E-state index in [-0.39, 0.29) is 11.3 Å². The van der Waals surface area contributed by atoms with Crippen LogP contribution in [0.1, 0.15) is 39.0 Å². The van der Waals surface area contributed by atoms with Crippen LogP contribution < -0.4 is 10.6 Å². The van der Waals surface area contributed by atoms with E-state index in [1.54, 1.807) is 0 Å². The first-order chi connectivity index (χ1) is 8.16. The van der Waals surface area contributed by atoms with E-state index in [0.29, 0.717) is 25.3 Å². The van der Waals surface area contributed by atoms with Gasteiger partial charge in [0.1, 0.15) is 6.17 Å². The van der Waals surface area contributed by atoms with E-state index in [4.69, 9.17) is 0 Å². The first kappa shape index (κ1) is 12.8. The molecule has 2 aliphatic rings. The van der Waals surface area contributed by atoms with Crippen molar-refractivity contribution in [2.75, 3.05) is 19.6 Å². The van der Waals surface area contributed by atoms with E-state index in [1.807, 2.05) is 0 Å². The predicted molar refractivity (Wildman–Crippen MR) is 65.5 cm³/mol. The van der Waals surface area contributed by atoms with Gasteiger partial charge in [-0.3, -0.25) is 4.79 Å². The molecule has 0 aromatic heterocycles. The standard InChI is InChI=1S/C13H23FN2O/c1-2-13(3-5-15-6-4-13)12(17)16-9-10-7-11(14)8-10/h10-11,15H,2-9H2,1H3,(H,16,17)/t10-,11-. The molecule has 0 radical (unpaired) electrons. The van der Waals surface area contributed by atoms with Gasteiger partial charge in [-0.1, -0.05) is 6.92 Å². The van der Waals surface area contributed by atoms with Crippen LogP contribution in [0.5, 0.6) is 0 Å². The number of carbonyl (C=O) groups is 1. The Bertz CT molecular complexity index is 271. The fraction of sp³-hybridized carbons (Fsp3) is 0.923. The summed E-state index contributed by atoms with van der Waals surface area (Å²) in [6.45, 7) is 4.61. The van der Waals surface area contributed by atoms with Gasteiger partial charge in [-0.15, -0.1) is 0 Å². The third kappa shape index (κ3) is 2.79. The molecular weight excluding hydrogens is 219 g/mol. The van der Waals surface area contributed by atoms with Gasteiger partial charge >= 0.3 is 0 Å². The van der Waals surface area contributed by atoms with E-state index in [0.717, 1.165) is 32.4 Å². The highest BCUT2D eigenvalue weighted by molar-refractivity contribution is 5.82. The molecular formula is C13H23FN2O. The third-order valence-corrected chi connectivity index (χ3v) is 4.45. The summed E-state index contributed by atoms with van der Waals surface area (Å²) >= 11 is 0. The van der Waals surface area contributed by atoms with Gasteiger partial charge < -0.3 is 10.6 Å². The van der Waals surface area contributed by atoms with Gasteiger partial charge in [0.05, 0.1) is 5.41 Å². The summed E-state index contributed by atoms with van der Waals surface area (Å²) in [5.74, 6) is 0.549. The van der Waals surface area contributed by atoms with Crippen LogP contribution in [0.2, 0.25) is 0 Å². The largest absolute Gasteiger partial charge is 0.355 e. The summed E-state index contributed by atoms with van der Waals surface area (Å²) in [5, 5.41) is 6.33. The molecule has 4 heteroatoms. The zero-order valence-electron chi connectivity index (χ0n) is 10.6. The van der Waals surface area contributed by atoms with Crippen LogP contribution in [0.25, 0.3) is 0 Å². The maximum absolute atomic E-state index is 12.7. The summed E-state index contributed by atoms with van der Waals surface area (Å²) in [7, 11) is 0. The van der Waals surface area contributed by atoms with Crippen LogP contribution in [-0.2, 0) is 4.79 Å². The van der Waals surface area contributed by atoms with Crippen molar-refractivity contribution >= 4 is 5.91 Å². The second-order valence-corrected chi connectivity index (χ2v) is 5.53. The highest BCUT2D eigenvalue weighted by Crippen LogP contribution is 2.33. The first-order valence-corrected chi connectivity index (χ1v) is 6.79. The quantitative estimate of drug-likeness (QED) is 0.786. The molecule has 1 heterocycles. The van der Waals surface area contributed by atoms with Gasteiger partial charge in [-0.25, -0.2) is 4.39 Å². The Morgan fingerprint density at radius 3 is 2.59 bits per heavy atom. The minimum absolute atomic E-state index is 0.176. The SMILES string of the molecule is CCC1(C(=O)NC[C@H]2C[C@H](F)C2)CCNCC1. The molecule has 0 unspecified atom stereocenters. The summed E-state index contributed by atoms with van der Waals surface area (Å²) in [5.41, 5.74) is -0.176. The third-order valence-electron chi connectivity index (χ3n) is 4.45. The predicted octanol–water partition coefficient (Wildman–Crippen LogP) is 1.63. The summed E-state index contributed by atoms with van der Waals surface area (Å²) in [4.78, 5) is 12.2. The summed E-state index contributed by atoms with van der Waals surface area (Å²) in [6, 6.07) is 0. The van der Waals surface area contributed by atoms with Crippen molar-refractivity contribution in [2.45, 2.75) is 45.2 Å². The Morgan fingerprint density at radius 1 is 1.41 bits per heavy atom. The molecule has 0 aromatic rings. The molecule has 0 spiro atoms. The Hall–Kier alpha value is -0.640. The molecule has 1 saturated heterocycles. The smallest absolute Gasteiger partial charge is 0.226 e. The normalized spacial score (nSPS) is 31.6. The van der Waals surface area contributed by atoms with Crippen molar-refractivity contribution in [3.05, 3.63) is 0 Å². The molecule has 0 bridgehead atoms. The number of hydrogen-bond donors (Lipinski definition) is 2. The molecule has 2 N–H and O–H groups in total. The number of halogens is 1. The van der Waals surface area contributed by atoms with Gasteiger partial charge in [0.25, 0.3) is 0 Å². The van der Waals surface area contributed by atoms with Crippen molar-refractivity contribution in [3.8, 4) is 0 Å². The topological polar surface area (TPSA) is 41.1 Å². The molecule has 98 valence electrons. The van der Waals surface area contributed by atoms with Crippen molar-refractivity contribution in [1.29, 1.82) is 0 Å². The molecule has 0 atom stereocenters. The average Bonchev–Trinajstić information content (AvgIpc) is 2.33. The number of amides is 1. The van der Waals surface area contributed by atoms with Crippen molar-refractivity contribution in [2.24, 2.45) is 11.3 Å². The lowest BCUT2D eigenvalue weighted by Gasteiger charge is -2.37. The van der Waals surface area contributed by atoms with E-state index >= 15 is 0 Å². The Balaban J connectivity index is 1.80. The van der Waals surface area contributed by atoms with Crippen LogP contribution in [-0.4, -0.2) is 31.7 Å². The Labute approximate surface area is 103 Å². The highest BCUT2D eigenvalue weighted by atomic mass is 19.1. The van der Waals surface area contributed by atoms with Crippen molar-refractivity contribution < 1.29 is 9.18 Å². The molecule has 1 amide bonds. The molecule has 1 aliphatic heterocycles. The summed E-state index contributed by atoms with van der Waals surface area (Å²) < 4.78 is 12.7. The number of carbonyl (C=O) groups excluding carboxylic acids is 1. The lowest BCUT2D eigenvalue weighted by Crippen LogP contribution is -2.49. The number of alkyl halides is 1. The van der Waals surface area contributed by atoms with Gasteiger partial charge in [0.15, 0.2) is 0 Å². The van der Waals surface area contributed by atoms with Crippen LogP contribution in [0.15, 0.2) is 0 Å². The fourth-order valence-electron chi connectivity index (χ4n) is 2.89.